The number of carbonyl (C=O) groups excluding carboxylic acids is 1. The van der Waals surface area contributed by atoms with E-state index < -0.39 is 24.0 Å². The van der Waals surface area contributed by atoms with Gasteiger partial charge in [-0.1, -0.05) is 30.3 Å². The van der Waals surface area contributed by atoms with Gasteiger partial charge in [0, 0.05) is 0 Å². The molecule has 0 saturated heterocycles. The molecule has 0 radical (unpaired) electrons. The quantitative estimate of drug-likeness (QED) is 0.882. The molecule has 1 aliphatic rings. The number of esters is 1. The number of hydrogen-bond donors (Lipinski definition) is 1. The number of methoxy groups -OCH3 is 1. The van der Waals surface area contributed by atoms with E-state index in [1.807, 2.05) is 0 Å². The minimum Gasteiger partial charge on any atom is -0.497 e. The van der Waals surface area contributed by atoms with E-state index in [1.165, 1.54) is 7.11 Å². The first-order valence-electron chi connectivity index (χ1n) is 6.78. The maximum Gasteiger partial charge on any atom is 0.339 e. The molecule has 2 atom stereocenters. The molecule has 1 heterocycles. The summed E-state index contributed by atoms with van der Waals surface area (Å²) in [5, 5.41) is 9.61. The Morgan fingerprint density at radius 3 is 2.68 bits per heavy atom. The van der Waals surface area contributed by atoms with Gasteiger partial charge in [0.2, 0.25) is 0 Å². The van der Waals surface area contributed by atoms with Crippen LogP contribution < -0.4 is 4.74 Å². The van der Waals surface area contributed by atoms with Crippen LogP contribution in [0.4, 0.5) is 0 Å². The predicted octanol–water partition coefficient (Wildman–Crippen LogP) is 2.78. The molecule has 0 saturated carbocycles. The summed E-state index contributed by atoms with van der Waals surface area (Å²) in [4.78, 5) is 23.9. The number of fused-ring (bicyclic) bond motifs is 1. The molecule has 2 unspecified atom stereocenters. The fraction of sp³-hybridized carbons (Fsp3) is 0.176. The number of carboxylic acid groups (broad SMARTS) is 1. The van der Waals surface area contributed by atoms with Gasteiger partial charge >= 0.3 is 11.9 Å². The summed E-state index contributed by atoms with van der Waals surface area (Å²) in [7, 11) is 1.52. The number of carboxylic acids is 1. The number of rotatable bonds is 3. The highest BCUT2D eigenvalue weighted by molar-refractivity contribution is 5.96. The first kappa shape index (κ1) is 14.1. The predicted molar refractivity (Wildman–Crippen MR) is 78.0 cm³/mol. The van der Waals surface area contributed by atoms with Crippen molar-refractivity contribution in [3.8, 4) is 5.75 Å². The Hall–Kier alpha value is -2.82. The Morgan fingerprint density at radius 1 is 1.18 bits per heavy atom. The average molecular weight is 298 g/mol. The van der Waals surface area contributed by atoms with Crippen molar-refractivity contribution in [2.75, 3.05) is 7.11 Å². The van der Waals surface area contributed by atoms with Crippen molar-refractivity contribution in [2.45, 2.75) is 12.0 Å². The topological polar surface area (TPSA) is 72.8 Å². The van der Waals surface area contributed by atoms with Crippen molar-refractivity contribution in [1.82, 2.24) is 0 Å². The summed E-state index contributed by atoms with van der Waals surface area (Å²) < 4.78 is 10.5. The molecule has 3 rings (SSSR count). The van der Waals surface area contributed by atoms with E-state index in [0.29, 0.717) is 22.4 Å². The molecule has 5 nitrogen and oxygen atoms in total. The van der Waals surface area contributed by atoms with E-state index in [0.717, 1.165) is 0 Å². The highest BCUT2D eigenvalue weighted by atomic mass is 16.5. The first-order valence-corrected chi connectivity index (χ1v) is 6.78. The fourth-order valence-electron chi connectivity index (χ4n) is 2.71. The summed E-state index contributed by atoms with van der Waals surface area (Å²) >= 11 is 0. The fourth-order valence-corrected chi connectivity index (χ4v) is 2.71. The van der Waals surface area contributed by atoms with Gasteiger partial charge < -0.3 is 14.6 Å². The highest BCUT2D eigenvalue weighted by Crippen LogP contribution is 2.41. The lowest BCUT2D eigenvalue weighted by Crippen LogP contribution is -2.31. The van der Waals surface area contributed by atoms with Crippen LogP contribution in [0.1, 0.15) is 33.5 Å². The van der Waals surface area contributed by atoms with E-state index in [9.17, 15) is 14.7 Å². The Morgan fingerprint density at radius 2 is 1.95 bits per heavy atom. The zero-order chi connectivity index (χ0) is 15.7. The number of ether oxygens (including phenoxy) is 2. The lowest BCUT2D eigenvalue weighted by Gasteiger charge is -2.30. The summed E-state index contributed by atoms with van der Waals surface area (Å²) in [5.74, 6) is -1.91. The van der Waals surface area contributed by atoms with Crippen molar-refractivity contribution >= 4 is 11.9 Å². The van der Waals surface area contributed by atoms with Crippen LogP contribution >= 0.6 is 0 Å². The molecule has 1 N–H and O–H groups in total. The van der Waals surface area contributed by atoms with Crippen LogP contribution in [-0.2, 0) is 9.53 Å². The van der Waals surface area contributed by atoms with E-state index in [4.69, 9.17) is 9.47 Å². The van der Waals surface area contributed by atoms with E-state index in [-0.39, 0.29) is 0 Å². The van der Waals surface area contributed by atoms with Crippen LogP contribution in [0.3, 0.4) is 0 Å². The summed E-state index contributed by atoms with van der Waals surface area (Å²) in [6.07, 6.45) is -0.880. The van der Waals surface area contributed by atoms with Gasteiger partial charge in [-0.05, 0) is 29.3 Å². The van der Waals surface area contributed by atoms with E-state index in [2.05, 4.69) is 0 Å². The molecule has 0 amide bonds. The monoisotopic (exact) mass is 298 g/mol. The molecule has 2 aromatic rings. The zero-order valence-corrected chi connectivity index (χ0v) is 11.9. The van der Waals surface area contributed by atoms with Gasteiger partial charge in [0.05, 0.1) is 12.7 Å². The van der Waals surface area contributed by atoms with Crippen LogP contribution in [0.2, 0.25) is 0 Å². The number of benzene rings is 2. The molecule has 0 spiro atoms. The molecule has 0 bridgehead atoms. The maximum absolute atomic E-state index is 12.1. The van der Waals surface area contributed by atoms with Gasteiger partial charge in [-0.3, -0.25) is 4.79 Å². The Bertz CT molecular complexity index is 737. The largest absolute Gasteiger partial charge is 0.497 e. The van der Waals surface area contributed by atoms with Crippen molar-refractivity contribution in [3.05, 3.63) is 65.2 Å². The first-order chi connectivity index (χ1) is 10.6. The second-order valence-corrected chi connectivity index (χ2v) is 5.01. The van der Waals surface area contributed by atoms with Gasteiger partial charge in [0.15, 0.2) is 0 Å². The van der Waals surface area contributed by atoms with Gasteiger partial charge in [-0.25, -0.2) is 4.79 Å². The third kappa shape index (κ3) is 2.30. The number of aliphatic carboxylic acids is 1. The minimum atomic E-state index is -1.03. The molecule has 1 aliphatic heterocycles. The highest BCUT2D eigenvalue weighted by Gasteiger charge is 2.41. The lowest BCUT2D eigenvalue weighted by atomic mass is 9.84. The van der Waals surface area contributed by atoms with Crippen LogP contribution in [0.5, 0.6) is 5.75 Å². The molecular formula is C17H14O5. The second-order valence-electron chi connectivity index (χ2n) is 5.01. The SMILES string of the molecule is COc1cccc(C2OC(=O)c3ccccc3C2C(=O)O)c1. The second kappa shape index (κ2) is 5.52. The molecule has 112 valence electrons. The van der Waals surface area contributed by atoms with Crippen LogP contribution in [0.15, 0.2) is 48.5 Å². The Balaban J connectivity index is 2.11. The molecule has 0 aliphatic carbocycles. The smallest absolute Gasteiger partial charge is 0.339 e. The van der Waals surface area contributed by atoms with Crippen LogP contribution in [0, 0.1) is 0 Å². The van der Waals surface area contributed by atoms with E-state index in [1.54, 1.807) is 48.5 Å². The van der Waals surface area contributed by atoms with Crippen molar-refractivity contribution in [2.24, 2.45) is 0 Å². The normalized spacial score (nSPS) is 20.0. The summed E-state index contributed by atoms with van der Waals surface area (Å²) in [6.45, 7) is 0. The Labute approximate surface area is 127 Å². The standard InChI is InChI=1S/C17H14O5/c1-21-11-6-4-5-10(9-11)15-14(16(18)19)12-7-2-3-8-13(12)17(20)22-15/h2-9,14-15H,1H3,(H,18,19). The van der Waals surface area contributed by atoms with Crippen molar-refractivity contribution < 1.29 is 24.2 Å². The third-order valence-electron chi connectivity index (χ3n) is 3.74. The van der Waals surface area contributed by atoms with E-state index >= 15 is 0 Å². The third-order valence-corrected chi connectivity index (χ3v) is 3.74. The van der Waals surface area contributed by atoms with Crippen LogP contribution in [-0.4, -0.2) is 24.2 Å². The number of hydrogen-bond acceptors (Lipinski definition) is 4. The van der Waals surface area contributed by atoms with Gasteiger partial charge in [0.25, 0.3) is 0 Å². The van der Waals surface area contributed by atoms with Crippen LogP contribution in [0.25, 0.3) is 0 Å². The number of carbonyl (C=O) groups is 2. The van der Waals surface area contributed by atoms with Crippen molar-refractivity contribution in [1.29, 1.82) is 0 Å². The van der Waals surface area contributed by atoms with Gasteiger partial charge in [-0.2, -0.15) is 0 Å². The summed E-state index contributed by atoms with van der Waals surface area (Å²) in [5.41, 5.74) is 1.36. The van der Waals surface area contributed by atoms with Gasteiger partial charge in [-0.15, -0.1) is 0 Å². The number of cyclic esters (lactones) is 1. The van der Waals surface area contributed by atoms with Gasteiger partial charge in [0.1, 0.15) is 17.8 Å². The molecule has 0 fully saturated rings. The summed E-state index contributed by atoms with van der Waals surface area (Å²) in [6, 6.07) is 13.5. The van der Waals surface area contributed by atoms with Crippen molar-refractivity contribution in [3.63, 3.8) is 0 Å². The maximum atomic E-state index is 12.1. The molecule has 22 heavy (non-hydrogen) atoms. The minimum absolute atomic E-state index is 0.300. The zero-order valence-electron chi connectivity index (χ0n) is 11.9. The Kier molecular flexibility index (Phi) is 3.55. The molecule has 5 heteroatoms. The average Bonchev–Trinajstić information content (AvgIpc) is 2.54. The molecule has 2 aromatic carbocycles. The lowest BCUT2D eigenvalue weighted by molar-refractivity contribution is -0.142. The molecular weight excluding hydrogens is 284 g/mol. The molecule has 0 aromatic heterocycles.